The van der Waals surface area contributed by atoms with E-state index in [0.717, 1.165) is 12.8 Å². The number of amides is 1. The molecule has 1 unspecified atom stereocenters. The van der Waals surface area contributed by atoms with Crippen molar-refractivity contribution in [2.24, 2.45) is 0 Å². The first-order chi connectivity index (χ1) is 14.2. The SMILES string of the molecule is CC(OC(=O)c1cc(S(=O)(=O)N2CCCC2)ccc1Cl)C(=O)Nc1ccc(Cl)cc1. The van der Waals surface area contributed by atoms with Crippen LogP contribution in [-0.2, 0) is 19.6 Å². The first-order valence-corrected chi connectivity index (χ1v) is 11.4. The van der Waals surface area contributed by atoms with Gasteiger partial charge < -0.3 is 10.1 Å². The van der Waals surface area contributed by atoms with E-state index in [2.05, 4.69) is 5.32 Å². The molecule has 10 heteroatoms. The Labute approximate surface area is 185 Å². The Hall–Kier alpha value is -2.13. The lowest BCUT2D eigenvalue weighted by atomic mass is 10.2. The summed E-state index contributed by atoms with van der Waals surface area (Å²) in [5, 5.41) is 3.16. The third-order valence-corrected chi connectivity index (χ3v) is 7.10. The zero-order valence-electron chi connectivity index (χ0n) is 16.1. The highest BCUT2D eigenvalue weighted by Crippen LogP contribution is 2.26. The molecule has 3 rings (SSSR count). The molecule has 0 radical (unpaired) electrons. The van der Waals surface area contributed by atoms with Gasteiger partial charge in [0.1, 0.15) is 0 Å². The second-order valence-corrected chi connectivity index (χ2v) is 9.58. The quantitative estimate of drug-likeness (QED) is 0.644. The number of anilines is 1. The first-order valence-electron chi connectivity index (χ1n) is 9.25. The van der Waals surface area contributed by atoms with Crippen molar-refractivity contribution in [2.75, 3.05) is 18.4 Å². The number of ether oxygens (including phenoxy) is 1. The molecule has 0 aromatic heterocycles. The van der Waals surface area contributed by atoms with Crippen molar-refractivity contribution in [3.05, 3.63) is 58.1 Å². The van der Waals surface area contributed by atoms with Gasteiger partial charge in [0.05, 0.1) is 15.5 Å². The summed E-state index contributed by atoms with van der Waals surface area (Å²) in [6.07, 6.45) is 0.451. The number of hydrogen-bond acceptors (Lipinski definition) is 5. The fourth-order valence-corrected chi connectivity index (χ4v) is 4.82. The van der Waals surface area contributed by atoms with Crippen molar-refractivity contribution in [3.8, 4) is 0 Å². The van der Waals surface area contributed by atoms with Gasteiger partial charge in [-0.2, -0.15) is 4.31 Å². The zero-order valence-corrected chi connectivity index (χ0v) is 18.4. The smallest absolute Gasteiger partial charge is 0.340 e. The van der Waals surface area contributed by atoms with Crippen LogP contribution >= 0.6 is 23.2 Å². The summed E-state index contributed by atoms with van der Waals surface area (Å²) in [5.74, 6) is -1.44. The van der Waals surface area contributed by atoms with Crippen molar-refractivity contribution >= 4 is 50.8 Å². The lowest BCUT2D eigenvalue weighted by molar-refractivity contribution is -0.123. The molecular weight excluding hydrogens is 451 g/mol. The number of hydrogen-bond donors (Lipinski definition) is 1. The molecule has 1 N–H and O–H groups in total. The maximum atomic E-state index is 12.7. The zero-order chi connectivity index (χ0) is 21.9. The van der Waals surface area contributed by atoms with Gasteiger partial charge in [0.25, 0.3) is 5.91 Å². The Bertz CT molecular complexity index is 1050. The van der Waals surface area contributed by atoms with Crippen LogP contribution in [0.5, 0.6) is 0 Å². The molecule has 2 aromatic carbocycles. The number of carbonyl (C=O) groups excluding carboxylic acids is 2. The number of sulfonamides is 1. The Morgan fingerprint density at radius 2 is 1.70 bits per heavy atom. The molecule has 0 spiro atoms. The van der Waals surface area contributed by atoms with Crippen LogP contribution in [0.2, 0.25) is 10.0 Å². The highest BCUT2D eigenvalue weighted by Gasteiger charge is 2.29. The molecule has 1 aliphatic heterocycles. The number of nitrogens with one attached hydrogen (secondary N) is 1. The van der Waals surface area contributed by atoms with Crippen LogP contribution in [0.25, 0.3) is 0 Å². The summed E-state index contributed by atoms with van der Waals surface area (Å²) in [6, 6.07) is 10.3. The second-order valence-electron chi connectivity index (χ2n) is 6.80. The number of carbonyl (C=O) groups is 2. The van der Waals surface area contributed by atoms with E-state index in [-0.39, 0.29) is 15.5 Å². The Morgan fingerprint density at radius 3 is 2.33 bits per heavy atom. The summed E-state index contributed by atoms with van der Waals surface area (Å²) in [6.45, 7) is 2.28. The summed E-state index contributed by atoms with van der Waals surface area (Å²) >= 11 is 11.9. The number of halogens is 2. The van der Waals surface area contributed by atoms with Crippen LogP contribution in [0.1, 0.15) is 30.1 Å². The van der Waals surface area contributed by atoms with Crippen molar-refractivity contribution < 1.29 is 22.7 Å². The fourth-order valence-electron chi connectivity index (χ4n) is 2.95. The Balaban J connectivity index is 1.72. The minimum Gasteiger partial charge on any atom is -0.449 e. The summed E-state index contributed by atoms with van der Waals surface area (Å²) in [7, 11) is -3.72. The summed E-state index contributed by atoms with van der Waals surface area (Å²) in [4.78, 5) is 24.8. The average Bonchev–Trinajstić information content (AvgIpc) is 3.25. The van der Waals surface area contributed by atoms with E-state index in [4.69, 9.17) is 27.9 Å². The molecule has 1 aliphatic rings. The van der Waals surface area contributed by atoms with Crippen molar-refractivity contribution in [2.45, 2.75) is 30.8 Å². The lowest BCUT2D eigenvalue weighted by Gasteiger charge is -2.17. The van der Waals surface area contributed by atoms with E-state index >= 15 is 0 Å². The average molecular weight is 471 g/mol. The van der Waals surface area contributed by atoms with Crippen LogP contribution in [0.4, 0.5) is 5.69 Å². The Morgan fingerprint density at radius 1 is 1.07 bits per heavy atom. The fraction of sp³-hybridized carbons (Fsp3) is 0.300. The highest BCUT2D eigenvalue weighted by molar-refractivity contribution is 7.89. The molecule has 1 saturated heterocycles. The third-order valence-electron chi connectivity index (χ3n) is 4.63. The molecule has 0 aliphatic carbocycles. The predicted octanol–water partition coefficient (Wildman–Crippen LogP) is 3.96. The molecule has 7 nitrogen and oxygen atoms in total. The van der Waals surface area contributed by atoms with E-state index < -0.39 is 28.0 Å². The van der Waals surface area contributed by atoms with Crippen molar-refractivity contribution in [1.82, 2.24) is 4.31 Å². The predicted molar refractivity (Wildman–Crippen MR) is 114 cm³/mol. The number of benzene rings is 2. The minimum absolute atomic E-state index is 0.0330. The summed E-state index contributed by atoms with van der Waals surface area (Å²) in [5.41, 5.74) is 0.368. The highest BCUT2D eigenvalue weighted by atomic mass is 35.5. The molecule has 160 valence electrons. The van der Waals surface area contributed by atoms with Crippen LogP contribution in [0, 0.1) is 0 Å². The molecule has 2 aromatic rings. The van der Waals surface area contributed by atoms with Crippen LogP contribution < -0.4 is 5.32 Å². The molecule has 0 saturated carbocycles. The normalized spacial score (nSPS) is 15.6. The van der Waals surface area contributed by atoms with Crippen LogP contribution in [0.3, 0.4) is 0 Å². The van der Waals surface area contributed by atoms with E-state index in [1.165, 1.54) is 29.4 Å². The third kappa shape index (κ3) is 5.13. The molecular formula is C20H20Cl2N2O5S. The van der Waals surface area contributed by atoms with Gasteiger partial charge in [0.15, 0.2) is 6.10 Å². The Kier molecular flexibility index (Phi) is 7.02. The molecule has 1 atom stereocenters. The minimum atomic E-state index is -3.72. The number of esters is 1. The summed E-state index contributed by atoms with van der Waals surface area (Å²) < 4.78 is 32.0. The van der Waals surface area contributed by atoms with Gasteiger partial charge in [-0.3, -0.25) is 4.79 Å². The number of rotatable bonds is 6. The molecule has 1 heterocycles. The lowest BCUT2D eigenvalue weighted by Crippen LogP contribution is -2.30. The first kappa shape index (κ1) is 22.6. The number of nitrogens with zero attached hydrogens (tertiary/aromatic N) is 1. The maximum absolute atomic E-state index is 12.7. The van der Waals surface area contributed by atoms with E-state index in [1.54, 1.807) is 24.3 Å². The standard InChI is InChI=1S/C20H20Cl2N2O5S/c1-13(19(25)23-15-6-4-14(21)5-7-15)29-20(26)17-12-16(8-9-18(17)22)30(27,28)24-10-2-3-11-24/h4-9,12-13H,2-3,10-11H2,1H3,(H,23,25). The largest absolute Gasteiger partial charge is 0.449 e. The van der Waals surface area contributed by atoms with E-state index in [9.17, 15) is 18.0 Å². The molecule has 30 heavy (non-hydrogen) atoms. The molecule has 1 amide bonds. The van der Waals surface area contributed by atoms with Crippen LogP contribution in [0.15, 0.2) is 47.4 Å². The van der Waals surface area contributed by atoms with Gasteiger partial charge in [-0.25, -0.2) is 13.2 Å². The van der Waals surface area contributed by atoms with Crippen molar-refractivity contribution in [1.29, 1.82) is 0 Å². The second kappa shape index (κ2) is 9.34. The van der Waals surface area contributed by atoms with Crippen LogP contribution in [-0.4, -0.2) is 43.8 Å². The van der Waals surface area contributed by atoms with Gasteiger partial charge >= 0.3 is 5.97 Å². The van der Waals surface area contributed by atoms with Gasteiger partial charge in [0, 0.05) is 23.8 Å². The van der Waals surface area contributed by atoms with Gasteiger partial charge in [-0.05, 0) is 62.2 Å². The van der Waals surface area contributed by atoms with E-state index in [0.29, 0.717) is 23.8 Å². The van der Waals surface area contributed by atoms with Gasteiger partial charge in [-0.1, -0.05) is 23.2 Å². The topological polar surface area (TPSA) is 92.8 Å². The van der Waals surface area contributed by atoms with Crippen molar-refractivity contribution in [3.63, 3.8) is 0 Å². The molecule has 1 fully saturated rings. The van der Waals surface area contributed by atoms with Gasteiger partial charge in [0.2, 0.25) is 10.0 Å². The maximum Gasteiger partial charge on any atom is 0.340 e. The molecule has 0 bridgehead atoms. The monoisotopic (exact) mass is 470 g/mol. The van der Waals surface area contributed by atoms with Gasteiger partial charge in [-0.15, -0.1) is 0 Å². The van der Waals surface area contributed by atoms with E-state index in [1.807, 2.05) is 0 Å².